The summed E-state index contributed by atoms with van der Waals surface area (Å²) in [5, 5.41) is 28.4. The van der Waals surface area contributed by atoms with Gasteiger partial charge in [0.2, 0.25) is 11.8 Å². The van der Waals surface area contributed by atoms with E-state index in [1.165, 1.54) is 6.42 Å². The molecule has 3 atom stereocenters. The number of aliphatic hydroxyl groups excluding tert-OH is 1. The fourth-order valence-electron chi connectivity index (χ4n) is 11.5. The maximum atomic E-state index is 14.6. The fourth-order valence-corrected chi connectivity index (χ4v) is 11.5. The molecule has 416 valence electrons. The van der Waals surface area contributed by atoms with Crippen LogP contribution in [0.5, 0.6) is 11.5 Å². The Morgan fingerprint density at radius 3 is 1.92 bits per heavy atom. The normalized spacial score (nSPS) is 19.8. The number of methoxy groups -OCH3 is 2. The van der Waals surface area contributed by atoms with Gasteiger partial charge in [-0.3, -0.25) is 19.2 Å². The molecular formula is C57H88N8O10. The molecule has 7 rings (SSSR count). The van der Waals surface area contributed by atoms with Crippen molar-refractivity contribution < 1.29 is 48.0 Å². The highest BCUT2D eigenvalue weighted by Gasteiger charge is 2.52. The van der Waals surface area contributed by atoms with Crippen LogP contribution in [0.2, 0.25) is 0 Å². The maximum Gasteiger partial charge on any atom is 0.272 e. The summed E-state index contributed by atoms with van der Waals surface area (Å²) in [5.74, 6) is 2.11. The summed E-state index contributed by atoms with van der Waals surface area (Å²) in [7, 11) is 9.12. The van der Waals surface area contributed by atoms with Crippen LogP contribution in [0.15, 0.2) is 42.5 Å². The first-order valence-electron chi connectivity index (χ1n) is 27.5. The third kappa shape index (κ3) is 16.9. The van der Waals surface area contributed by atoms with Gasteiger partial charge in [-0.05, 0) is 170 Å². The minimum atomic E-state index is -0.721. The molecular weight excluding hydrogens is 957 g/mol. The lowest BCUT2D eigenvalue weighted by atomic mass is 9.66. The number of ether oxygens (including phenoxy) is 5. The van der Waals surface area contributed by atoms with E-state index < -0.39 is 5.54 Å². The molecule has 0 spiro atoms. The number of carbonyl (C=O) groups excluding carboxylic acids is 4. The molecule has 5 N–H and O–H groups in total. The third-order valence-electron chi connectivity index (χ3n) is 15.1. The Morgan fingerprint density at radius 2 is 1.33 bits per heavy atom. The van der Waals surface area contributed by atoms with Gasteiger partial charge < -0.3 is 59.9 Å². The Kier molecular flexibility index (Phi) is 23.7. The molecule has 2 aromatic carbocycles. The van der Waals surface area contributed by atoms with Crippen LogP contribution in [0.1, 0.15) is 123 Å². The second-order valence-corrected chi connectivity index (χ2v) is 21.4. The number of aliphatic hydroxyl groups is 1. The Hall–Kier alpha value is -5.11. The number of benzene rings is 2. The van der Waals surface area contributed by atoms with Gasteiger partial charge in [0.25, 0.3) is 11.8 Å². The standard InChI is InChI=1S/C57H88N8O10/c1-40(2)46-36-44(56(70)64(24-12-22-63(4)5)23-9-20-59-52(67)17-18-53(68)60-21-11-26-74-28-30-75-29-27-73-25-10-19-58-3)15-16-48(46)65-49(54-50(71-6)13-8-14-51(54)72-7)37-47(62-65)55(69)61-57(39-66)38-43-32-41-31-42(33-43)35-45(57)34-41/h8,13-16,36-37,40-43,45,58,66H,9-12,17-35,38-39H2,1-7H3,(H,59,67)(H,60,68)(H,61,69). The summed E-state index contributed by atoms with van der Waals surface area (Å²) >= 11 is 0. The van der Waals surface area contributed by atoms with Crippen molar-refractivity contribution in [1.29, 1.82) is 0 Å². The second kappa shape index (κ2) is 30.0. The van der Waals surface area contributed by atoms with Crippen molar-refractivity contribution in [2.75, 3.05) is 121 Å². The van der Waals surface area contributed by atoms with Gasteiger partial charge >= 0.3 is 0 Å². The molecule has 18 nitrogen and oxygen atoms in total. The summed E-state index contributed by atoms with van der Waals surface area (Å²) < 4.78 is 30.1. The number of hydrogen-bond donors (Lipinski definition) is 5. The van der Waals surface area contributed by atoms with E-state index in [2.05, 4.69) is 40.0 Å². The van der Waals surface area contributed by atoms with E-state index in [4.69, 9.17) is 28.8 Å². The van der Waals surface area contributed by atoms with E-state index in [1.807, 2.05) is 62.4 Å². The largest absolute Gasteiger partial charge is 0.496 e. The predicted molar refractivity (Wildman–Crippen MR) is 290 cm³/mol. The van der Waals surface area contributed by atoms with Gasteiger partial charge in [0, 0.05) is 57.8 Å². The Balaban J connectivity index is 1.08. The van der Waals surface area contributed by atoms with E-state index in [0.717, 1.165) is 63.6 Å². The molecule has 3 aromatic rings. The molecule has 18 heteroatoms. The third-order valence-corrected chi connectivity index (χ3v) is 15.1. The monoisotopic (exact) mass is 1040 g/mol. The first-order valence-corrected chi connectivity index (χ1v) is 27.5. The van der Waals surface area contributed by atoms with Gasteiger partial charge in [-0.2, -0.15) is 5.10 Å². The van der Waals surface area contributed by atoms with Gasteiger partial charge in [0.15, 0.2) is 5.69 Å². The van der Waals surface area contributed by atoms with Crippen molar-refractivity contribution in [2.24, 2.45) is 23.7 Å². The smallest absolute Gasteiger partial charge is 0.272 e. The zero-order chi connectivity index (χ0) is 53.7. The van der Waals surface area contributed by atoms with Crippen LogP contribution < -0.4 is 30.7 Å². The molecule has 4 aliphatic rings. The SMILES string of the molecule is CNCCCOCCOCCOCCCNC(=O)CCC(=O)NCCCN(CCCN(C)C)C(=O)c1ccc(-n2nc(C(=O)NC3(CO)CC4CC5CC(C4)CC3C5)cc2-c2c(OC)cccc2OC)c(C(C)C)c1. The lowest BCUT2D eigenvalue weighted by molar-refractivity contribution is -0.126. The minimum Gasteiger partial charge on any atom is -0.496 e. The van der Waals surface area contributed by atoms with Crippen LogP contribution >= 0.6 is 0 Å². The molecule has 4 bridgehead atoms. The average molecular weight is 1050 g/mol. The number of fused-ring (bicyclic) bond motifs is 1. The van der Waals surface area contributed by atoms with Gasteiger partial charge in [-0.1, -0.05) is 19.9 Å². The number of nitrogens with zero attached hydrogens (tertiary/aromatic N) is 4. The highest BCUT2D eigenvalue weighted by atomic mass is 16.5. The van der Waals surface area contributed by atoms with E-state index in [-0.39, 0.29) is 60.6 Å². The molecule has 4 saturated carbocycles. The first kappa shape index (κ1) is 59.1. The van der Waals surface area contributed by atoms with Crippen LogP contribution in [0, 0.1) is 23.7 Å². The second-order valence-electron chi connectivity index (χ2n) is 21.4. The molecule has 4 aliphatic carbocycles. The van der Waals surface area contributed by atoms with E-state index in [0.29, 0.717) is 130 Å². The van der Waals surface area contributed by atoms with Crippen molar-refractivity contribution >= 4 is 23.6 Å². The topological polar surface area (TPSA) is 207 Å². The number of nitrogens with one attached hydrogen (secondary N) is 4. The Bertz CT molecular complexity index is 2250. The number of amides is 4. The first-order chi connectivity index (χ1) is 36.3. The molecule has 4 fully saturated rings. The van der Waals surface area contributed by atoms with E-state index >= 15 is 0 Å². The molecule has 0 radical (unpaired) electrons. The minimum absolute atomic E-state index is 0.0606. The molecule has 75 heavy (non-hydrogen) atoms. The van der Waals surface area contributed by atoms with Crippen LogP contribution in [0.4, 0.5) is 0 Å². The Morgan fingerprint density at radius 1 is 0.747 bits per heavy atom. The molecule has 0 aliphatic heterocycles. The van der Waals surface area contributed by atoms with Crippen molar-refractivity contribution in [3.63, 3.8) is 0 Å². The maximum absolute atomic E-state index is 14.6. The summed E-state index contributed by atoms with van der Waals surface area (Å²) in [6.07, 6.45) is 9.42. The summed E-state index contributed by atoms with van der Waals surface area (Å²) in [6, 6.07) is 12.9. The quantitative estimate of drug-likeness (QED) is 0.0447. The average Bonchev–Trinajstić information content (AvgIpc) is 3.78. The van der Waals surface area contributed by atoms with Crippen molar-refractivity contribution in [3.8, 4) is 28.4 Å². The van der Waals surface area contributed by atoms with Gasteiger partial charge in [-0.25, -0.2) is 4.68 Å². The lowest BCUT2D eigenvalue weighted by Gasteiger charge is -2.43. The summed E-state index contributed by atoms with van der Waals surface area (Å²) in [4.78, 5) is 58.3. The van der Waals surface area contributed by atoms with Crippen molar-refractivity contribution in [3.05, 3.63) is 59.3 Å². The van der Waals surface area contributed by atoms with Gasteiger partial charge in [-0.15, -0.1) is 0 Å². The Labute approximate surface area is 445 Å². The molecule has 0 saturated heterocycles. The molecule has 1 heterocycles. The van der Waals surface area contributed by atoms with E-state index in [1.54, 1.807) is 25.0 Å². The zero-order valence-corrected chi connectivity index (χ0v) is 46.0. The van der Waals surface area contributed by atoms with Crippen LogP contribution in [0.25, 0.3) is 16.9 Å². The molecule has 3 unspecified atom stereocenters. The number of hydrogen-bond acceptors (Lipinski definition) is 13. The molecule has 4 amide bonds. The van der Waals surface area contributed by atoms with Crippen molar-refractivity contribution in [1.82, 2.24) is 40.8 Å². The van der Waals surface area contributed by atoms with Crippen LogP contribution in [-0.2, 0) is 23.8 Å². The predicted octanol–water partition coefficient (Wildman–Crippen LogP) is 5.83. The fraction of sp³-hybridized carbons (Fsp3) is 0.667. The lowest BCUT2D eigenvalue weighted by Crippen LogP contribution is -2.57. The van der Waals surface area contributed by atoms with Crippen LogP contribution in [-0.4, -0.2) is 175 Å². The highest BCUT2D eigenvalue weighted by Crippen LogP contribution is 2.54. The summed E-state index contributed by atoms with van der Waals surface area (Å²) in [5.41, 5.74) is 2.74. The summed E-state index contributed by atoms with van der Waals surface area (Å²) in [6.45, 7) is 10.7. The van der Waals surface area contributed by atoms with E-state index in [9.17, 15) is 24.3 Å². The zero-order valence-electron chi connectivity index (χ0n) is 46.0. The number of carbonyl (C=O) groups is 4. The number of aromatic nitrogens is 2. The molecule has 1 aromatic heterocycles. The van der Waals surface area contributed by atoms with Crippen LogP contribution in [0.3, 0.4) is 0 Å². The van der Waals surface area contributed by atoms with Gasteiger partial charge in [0.05, 0.1) is 69.7 Å². The van der Waals surface area contributed by atoms with Gasteiger partial charge in [0.1, 0.15) is 11.5 Å². The highest BCUT2D eigenvalue weighted by molar-refractivity contribution is 5.96. The number of rotatable bonds is 34. The van der Waals surface area contributed by atoms with Crippen molar-refractivity contribution in [2.45, 2.75) is 102 Å².